The van der Waals surface area contributed by atoms with Crippen molar-refractivity contribution in [1.29, 1.82) is 0 Å². The van der Waals surface area contributed by atoms with Gasteiger partial charge in [-0.25, -0.2) is 0 Å². The van der Waals surface area contributed by atoms with E-state index in [2.05, 4.69) is 58.0 Å². The van der Waals surface area contributed by atoms with Gasteiger partial charge in [0.25, 0.3) is 0 Å². The van der Waals surface area contributed by atoms with Crippen LogP contribution in [0.15, 0.2) is 48.5 Å². The molecule has 0 saturated carbocycles. The van der Waals surface area contributed by atoms with Crippen molar-refractivity contribution in [3.8, 4) is 0 Å². The number of likely N-dealkylation sites (tertiary alicyclic amines) is 1. The van der Waals surface area contributed by atoms with E-state index in [0.29, 0.717) is 6.54 Å². The van der Waals surface area contributed by atoms with E-state index in [1.54, 1.807) is 0 Å². The second kappa shape index (κ2) is 8.02. The Labute approximate surface area is 155 Å². The van der Waals surface area contributed by atoms with E-state index in [-0.39, 0.29) is 11.8 Å². The van der Waals surface area contributed by atoms with Crippen molar-refractivity contribution in [3.05, 3.63) is 70.8 Å². The number of nitrogens with zero attached hydrogens (tertiary/aromatic N) is 1. The molecule has 4 heteroatoms. The lowest BCUT2D eigenvalue weighted by atomic mass is 9.96. The van der Waals surface area contributed by atoms with E-state index >= 15 is 0 Å². The molecule has 136 valence electrons. The minimum Gasteiger partial charge on any atom is -0.352 e. The Morgan fingerprint density at radius 2 is 1.92 bits per heavy atom. The van der Waals surface area contributed by atoms with Crippen molar-refractivity contribution >= 4 is 5.91 Å². The first-order valence-electron chi connectivity index (χ1n) is 9.63. The first kappa shape index (κ1) is 17.3. The zero-order valence-corrected chi connectivity index (χ0v) is 15.2. The normalized spacial score (nSPS) is 19.9. The Bertz CT molecular complexity index is 759. The van der Waals surface area contributed by atoms with Crippen LogP contribution in [0.5, 0.6) is 0 Å². The van der Waals surface area contributed by atoms with Gasteiger partial charge in [0.1, 0.15) is 0 Å². The van der Waals surface area contributed by atoms with Gasteiger partial charge >= 0.3 is 0 Å². The lowest BCUT2D eigenvalue weighted by Crippen LogP contribution is -2.42. The molecule has 2 heterocycles. The molecule has 4 nitrogen and oxygen atoms in total. The van der Waals surface area contributed by atoms with Crippen molar-refractivity contribution in [2.45, 2.75) is 39.0 Å². The molecule has 2 aromatic rings. The molecule has 0 aromatic heterocycles. The number of carbonyl (C=O) groups is 1. The number of benzene rings is 2. The maximum absolute atomic E-state index is 12.7. The fourth-order valence-electron chi connectivity index (χ4n) is 4.05. The Kier molecular flexibility index (Phi) is 5.32. The third-order valence-electron chi connectivity index (χ3n) is 5.49. The van der Waals surface area contributed by atoms with Crippen molar-refractivity contribution in [3.63, 3.8) is 0 Å². The second-order valence-electron chi connectivity index (χ2n) is 7.48. The largest absolute Gasteiger partial charge is 0.352 e. The van der Waals surface area contributed by atoms with Crippen molar-refractivity contribution < 1.29 is 4.79 Å². The zero-order chi connectivity index (χ0) is 17.8. The highest BCUT2D eigenvalue weighted by Gasteiger charge is 2.25. The number of carbonyl (C=O) groups excluding carboxylic acids is 1. The second-order valence-corrected chi connectivity index (χ2v) is 7.48. The summed E-state index contributed by atoms with van der Waals surface area (Å²) in [7, 11) is 0. The van der Waals surface area contributed by atoms with Crippen LogP contribution < -0.4 is 10.6 Å². The molecule has 1 unspecified atom stereocenters. The van der Waals surface area contributed by atoms with E-state index in [9.17, 15) is 4.79 Å². The number of fused-ring (bicyclic) bond motifs is 1. The average molecular weight is 349 g/mol. The summed E-state index contributed by atoms with van der Waals surface area (Å²) in [6, 6.07) is 17.1. The van der Waals surface area contributed by atoms with Gasteiger partial charge in [-0.15, -0.1) is 0 Å². The smallest absolute Gasteiger partial charge is 0.224 e. The summed E-state index contributed by atoms with van der Waals surface area (Å²) in [5.41, 5.74) is 5.26. The summed E-state index contributed by atoms with van der Waals surface area (Å²) >= 11 is 0. The minimum atomic E-state index is 0.101. The van der Waals surface area contributed by atoms with Crippen LogP contribution in [0.1, 0.15) is 35.1 Å². The Morgan fingerprint density at radius 1 is 1.08 bits per heavy atom. The minimum absolute atomic E-state index is 0.101. The Balaban J connectivity index is 1.30. The van der Waals surface area contributed by atoms with Crippen molar-refractivity contribution in [1.82, 2.24) is 15.5 Å². The van der Waals surface area contributed by atoms with Crippen LogP contribution in [-0.2, 0) is 31.0 Å². The molecule has 1 amide bonds. The van der Waals surface area contributed by atoms with Crippen LogP contribution in [0.4, 0.5) is 0 Å². The highest BCUT2D eigenvalue weighted by atomic mass is 16.1. The highest BCUT2D eigenvalue weighted by Crippen LogP contribution is 2.20. The third kappa shape index (κ3) is 4.14. The van der Waals surface area contributed by atoms with Gasteiger partial charge in [-0.1, -0.05) is 48.5 Å². The van der Waals surface area contributed by atoms with Gasteiger partial charge in [-0.3, -0.25) is 9.69 Å². The lowest BCUT2D eigenvalue weighted by Gasteiger charge is -2.32. The van der Waals surface area contributed by atoms with Crippen LogP contribution in [0.25, 0.3) is 0 Å². The predicted octanol–water partition coefficient (Wildman–Crippen LogP) is 2.82. The molecule has 26 heavy (non-hydrogen) atoms. The van der Waals surface area contributed by atoms with Crippen LogP contribution in [0.2, 0.25) is 0 Å². The fourth-order valence-corrected chi connectivity index (χ4v) is 4.05. The van der Waals surface area contributed by atoms with E-state index < -0.39 is 0 Å². The number of hydrogen-bond donors (Lipinski definition) is 2. The Hall–Kier alpha value is -2.17. The number of rotatable bonds is 5. The van der Waals surface area contributed by atoms with Gasteiger partial charge < -0.3 is 10.6 Å². The lowest BCUT2D eigenvalue weighted by molar-refractivity contribution is -0.126. The van der Waals surface area contributed by atoms with Gasteiger partial charge in [0.05, 0.1) is 5.92 Å². The molecule has 2 aliphatic heterocycles. The van der Waals surface area contributed by atoms with Crippen LogP contribution in [0.3, 0.4) is 0 Å². The highest BCUT2D eigenvalue weighted by molar-refractivity contribution is 5.79. The quantitative estimate of drug-likeness (QED) is 0.872. The molecule has 0 bridgehead atoms. The molecule has 1 fully saturated rings. The van der Waals surface area contributed by atoms with Crippen LogP contribution >= 0.6 is 0 Å². The Morgan fingerprint density at radius 3 is 2.81 bits per heavy atom. The fraction of sp³-hybridized carbons (Fsp3) is 0.409. The molecule has 0 spiro atoms. The van der Waals surface area contributed by atoms with Gasteiger partial charge in [0, 0.05) is 32.7 Å². The first-order valence-corrected chi connectivity index (χ1v) is 9.63. The molecule has 0 aliphatic carbocycles. The maximum Gasteiger partial charge on any atom is 0.224 e. The van der Waals surface area contributed by atoms with Gasteiger partial charge in [0.2, 0.25) is 5.91 Å². The van der Waals surface area contributed by atoms with Gasteiger partial charge in [-0.05, 0) is 41.6 Å². The number of nitrogens with one attached hydrogen (secondary N) is 2. The summed E-state index contributed by atoms with van der Waals surface area (Å²) in [4.78, 5) is 15.1. The molecule has 2 aromatic carbocycles. The molecule has 0 radical (unpaired) electrons. The molecule has 1 atom stereocenters. The zero-order valence-electron chi connectivity index (χ0n) is 15.2. The molecule has 2 N–H and O–H groups in total. The van der Waals surface area contributed by atoms with E-state index in [1.807, 2.05) is 6.07 Å². The summed E-state index contributed by atoms with van der Waals surface area (Å²) in [6.07, 6.45) is 2.08. The third-order valence-corrected chi connectivity index (χ3v) is 5.49. The van der Waals surface area contributed by atoms with E-state index in [1.165, 1.54) is 22.3 Å². The molecule has 2 aliphatic rings. The molecular formula is C22H27N3O. The maximum atomic E-state index is 12.7. The SMILES string of the molecule is O=C(NCc1ccc2c(c1)CNC2)C1CCCN(Cc2ccccc2)C1. The van der Waals surface area contributed by atoms with E-state index in [4.69, 9.17) is 0 Å². The number of amides is 1. The summed E-state index contributed by atoms with van der Waals surface area (Å²) in [5.74, 6) is 0.296. The van der Waals surface area contributed by atoms with Gasteiger partial charge in [-0.2, -0.15) is 0 Å². The monoisotopic (exact) mass is 349 g/mol. The van der Waals surface area contributed by atoms with E-state index in [0.717, 1.165) is 45.6 Å². The standard InChI is InChI=1S/C22H27N3O/c26-22(24-12-18-8-9-19-13-23-14-21(19)11-18)20-7-4-10-25(16-20)15-17-5-2-1-3-6-17/h1-3,5-6,8-9,11,20,23H,4,7,10,12-16H2,(H,24,26). The number of piperidine rings is 1. The van der Waals surface area contributed by atoms with Crippen LogP contribution in [0, 0.1) is 5.92 Å². The van der Waals surface area contributed by atoms with Crippen LogP contribution in [-0.4, -0.2) is 23.9 Å². The first-order chi connectivity index (χ1) is 12.8. The average Bonchev–Trinajstić information content (AvgIpc) is 3.15. The molecular weight excluding hydrogens is 322 g/mol. The van der Waals surface area contributed by atoms with Crippen molar-refractivity contribution in [2.75, 3.05) is 13.1 Å². The topological polar surface area (TPSA) is 44.4 Å². The van der Waals surface area contributed by atoms with Gasteiger partial charge in [0.15, 0.2) is 0 Å². The number of hydrogen-bond acceptors (Lipinski definition) is 3. The van der Waals surface area contributed by atoms with Crippen molar-refractivity contribution in [2.24, 2.45) is 5.92 Å². The summed E-state index contributed by atoms with van der Waals surface area (Å²) in [5, 5.41) is 6.52. The molecule has 4 rings (SSSR count). The molecule has 1 saturated heterocycles. The predicted molar refractivity (Wildman–Crippen MR) is 103 cm³/mol. The summed E-state index contributed by atoms with van der Waals surface area (Å²) in [6.45, 7) is 5.39. The summed E-state index contributed by atoms with van der Waals surface area (Å²) < 4.78 is 0.